The highest BCUT2D eigenvalue weighted by Gasteiger charge is 2.31. The molecule has 0 bridgehead atoms. The number of hydrogen-bond acceptors (Lipinski definition) is 5. The zero-order valence-corrected chi connectivity index (χ0v) is 11.2. The van der Waals surface area contributed by atoms with Crippen LogP contribution < -0.4 is 4.90 Å². The van der Waals surface area contributed by atoms with Gasteiger partial charge in [0.2, 0.25) is 5.82 Å². The predicted molar refractivity (Wildman–Crippen MR) is 70.3 cm³/mol. The second-order valence-corrected chi connectivity index (χ2v) is 4.79. The summed E-state index contributed by atoms with van der Waals surface area (Å²) >= 11 is 0. The molecular formula is C12H18N4O3. The molecule has 1 aromatic rings. The lowest BCUT2D eigenvalue weighted by Gasteiger charge is -2.30. The number of nitro groups is 1. The van der Waals surface area contributed by atoms with Crippen molar-refractivity contribution in [3.63, 3.8) is 0 Å². The summed E-state index contributed by atoms with van der Waals surface area (Å²) in [6, 6.07) is 0. The molecule has 1 aliphatic heterocycles. The van der Waals surface area contributed by atoms with Crippen LogP contribution in [0.1, 0.15) is 25.5 Å². The van der Waals surface area contributed by atoms with E-state index in [1.165, 1.54) is 0 Å². The highest BCUT2D eigenvalue weighted by molar-refractivity contribution is 5.62. The van der Waals surface area contributed by atoms with E-state index in [4.69, 9.17) is 0 Å². The Morgan fingerprint density at radius 1 is 1.47 bits per heavy atom. The molecule has 0 saturated carbocycles. The number of anilines is 1. The van der Waals surface area contributed by atoms with Gasteiger partial charge in [0, 0.05) is 25.6 Å². The Bertz CT molecular complexity index is 489. The molecule has 1 saturated heterocycles. The summed E-state index contributed by atoms with van der Waals surface area (Å²) in [5.41, 5.74) is 0.533. The predicted octanol–water partition coefficient (Wildman–Crippen LogP) is 1.53. The summed E-state index contributed by atoms with van der Waals surface area (Å²) < 4.78 is 1.68. The molecule has 0 amide bonds. The molecule has 0 radical (unpaired) electrons. The summed E-state index contributed by atoms with van der Waals surface area (Å²) in [6.07, 6.45) is 2.47. The maximum Gasteiger partial charge on any atom is 0.333 e. The molecule has 1 fully saturated rings. The van der Waals surface area contributed by atoms with E-state index in [2.05, 4.69) is 5.10 Å². The minimum absolute atomic E-state index is 0.0781. The molecule has 0 spiro atoms. The minimum atomic E-state index is -0.365. The van der Waals surface area contributed by atoms with Crippen molar-refractivity contribution in [3.8, 4) is 0 Å². The van der Waals surface area contributed by atoms with Gasteiger partial charge in [-0.2, -0.15) is 5.10 Å². The van der Waals surface area contributed by atoms with E-state index in [-0.39, 0.29) is 16.5 Å². The average Bonchev–Trinajstić information content (AvgIpc) is 2.75. The first kappa shape index (κ1) is 13.5. The first-order valence-corrected chi connectivity index (χ1v) is 6.50. The largest absolute Gasteiger partial charge is 0.351 e. The quantitative estimate of drug-likeness (QED) is 0.469. The molecule has 2 rings (SSSR count). The van der Waals surface area contributed by atoms with Gasteiger partial charge in [-0.05, 0) is 26.7 Å². The van der Waals surface area contributed by atoms with Crippen LogP contribution in [0.25, 0.3) is 0 Å². The van der Waals surface area contributed by atoms with Gasteiger partial charge in [0.25, 0.3) is 0 Å². The summed E-state index contributed by atoms with van der Waals surface area (Å²) in [6.45, 7) is 5.49. The number of aryl methyl sites for hydroxylation is 2. The van der Waals surface area contributed by atoms with Crippen LogP contribution in [-0.2, 0) is 11.3 Å². The van der Waals surface area contributed by atoms with Crippen LogP contribution in [-0.4, -0.2) is 34.1 Å². The molecule has 7 nitrogen and oxygen atoms in total. The van der Waals surface area contributed by atoms with Crippen LogP contribution >= 0.6 is 0 Å². The van der Waals surface area contributed by atoms with Crippen LogP contribution in [0, 0.1) is 23.0 Å². The van der Waals surface area contributed by atoms with Crippen LogP contribution in [0.4, 0.5) is 11.5 Å². The number of carbonyl (C=O) groups excluding carboxylic acids is 1. The number of aromatic nitrogens is 2. The number of hydrogen-bond donors (Lipinski definition) is 0. The van der Waals surface area contributed by atoms with E-state index >= 15 is 0 Å². The van der Waals surface area contributed by atoms with Crippen LogP contribution in [0.2, 0.25) is 0 Å². The van der Waals surface area contributed by atoms with Crippen molar-refractivity contribution in [2.75, 3.05) is 18.0 Å². The molecule has 7 heteroatoms. The first-order valence-electron chi connectivity index (χ1n) is 6.50. The lowest BCUT2D eigenvalue weighted by Crippen LogP contribution is -2.35. The van der Waals surface area contributed by atoms with Gasteiger partial charge in [0.15, 0.2) is 0 Å². The Morgan fingerprint density at radius 3 is 2.58 bits per heavy atom. The van der Waals surface area contributed by atoms with Gasteiger partial charge in [0.05, 0.1) is 4.92 Å². The van der Waals surface area contributed by atoms with Crippen molar-refractivity contribution < 1.29 is 9.72 Å². The third-order valence-electron chi connectivity index (χ3n) is 3.58. The van der Waals surface area contributed by atoms with Crippen molar-refractivity contribution >= 4 is 17.8 Å². The van der Waals surface area contributed by atoms with Gasteiger partial charge in [-0.15, -0.1) is 0 Å². The van der Waals surface area contributed by atoms with Gasteiger partial charge in [0.1, 0.15) is 12.0 Å². The molecule has 1 aromatic heterocycles. The topological polar surface area (TPSA) is 81.3 Å². The lowest BCUT2D eigenvalue weighted by atomic mass is 9.98. The normalized spacial score (nSPS) is 16.6. The highest BCUT2D eigenvalue weighted by atomic mass is 16.6. The number of carbonyl (C=O) groups is 1. The summed E-state index contributed by atoms with van der Waals surface area (Å²) in [5.74, 6) is 0.656. The third-order valence-corrected chi connectivity index (χ3v) is 3.58. The van der Waals surface area contributed by atoms with E-state index in [1.807, 2.05) is 11.8 Å². The first-order chi connectivity index (χ1) is 9.08. The van der Waals surface area contributed by atoms with Gasteiger partial charge < -0.3 is 9.69 Å². The fraction of sp³-hybridized carbons (Fsp3) is 0.667. The van der Waals surface area contributed by atoms with Crippen molar-refractivity contribution in [3.05, 3.63) is 15.8 Å². The maximum absolute atomic E-state index is 11.2. The van der Waals surface area contributed by atoms with Crippen molar-refractivity contribution in [2.45, 2.75) is 33.2 Å². The fourth-order valence-corrected chi connectivity index (χ4v) is 2.55. The second kappa shape index (κ2) is 5.38. The zero-order valence-electron chi connectivity index (χ0n) is 11.2. The number of piperidine rings is 1. The molecule has 2 heterocycles. The van der Waals surface area contributed by atoms with Gasteiger partial charge in [-0.25, -0.2) is 4.68 Å². The Hall–Kier alpha value is -1.92. The van der Waals surface area contributed by atoms with Crippen molar-refractivity contribution in [1.82, 2.24) is 9.78 Å². The summed E-state index contributed by atoms with van der Waals surface area (Å²) in [7, 11) is 0. The van der Waals surface area contributed by atoms with Crippen LogP contribution in [0.15, 0.2) is 0 Å². The SMILES string of the molecule is CCn1nc(C)c([N+](=O)[O-])c1N1CCC(C=O)CC1. The Morgan fingerprint density at radius 2 is 2.11 bits per heavy atom. The Balaban J connectivity index is 2.33. The minimum Gasteiger partial charge on any atom is -0.351 e. The Labute approximate surface area is 111 Å². The number of nitrogens with zero attached hydrogens (tertiary/aromatic N) is 4. The van der Waals surface area contributed by atoms with E-state index < -0.39 is 0 Å². The standard InChI is InChI=1S/C12H18N4O3/c1-3-15-12(11(16(18)19)9(2)13-15)14-6-4-10(8-17)5-7-14/h8,10H,3-7H2,1-2H3. The molecule has 0 atom stereocenters. The maximum atomic E-state index is 11.2. The van der Waals surface area contributed by atoms with Crippen molar-refractivity contribution in [1.29, 1.82) is 0 Å². The second-order valence-electron chi connectivity index (χ2n) is 4.79. The Kier molecular flexibility index (Phi) is 3.82. The van der Waals surface area contributed by atoms with Gasteiger partial charge in [-0.1, -0.05) is 0 Å². The lowest BCUT2D eigenvalue weighted by molar-refractivity contribution is -0.384. The molecule has 0 N–H and O–H groups in total. The molecular weight excluding hydrogens is 248 g/mol. The van der Waals surface area contributed by atoms with Crippen molar-refractivity contribution in [2.24, 2.45) is 5.92 Å². The third kappa shape index (κ3) is 2.45. The van der Waals surface area contributed by atoms with Gasteiger partial charge >= 0.3 is 5.69 Å². The van der Waals surface area contributed by atoms with E-state index in [9.17, 15) is 14.9 Å². The molecule has 0 aromatic carbocycles. The molecule has 19 heavy (non-hydrogen) atoms. The van der Waals surface area contributed by atoms with Gasteiger partial charge in [-0.3, -0.25) is 10.1 Å². The molecule has 0 aliphatic carbocycles. The zero-order chi connectivity index (χ0) is 14.0. The van der Waals surface area contributed by atoms with Crippen LogP contribution in [0.5, 0.6) is 0 Å². The fourth-order valence-electron chi connectivity index (χ4n) is 2.55. The summed E-state index contributed by atoms with van der Waals surface area (Å²) in [5, 5.41) is 15.4. The molecule has 104 valence electrons. The smallest absolute Gasteiger partial charge is 0.333 e. The van der Waals surface area contributed by atoms with E-state index in [0.717, 1.165) is 19.1 Å². The van der Waals surface area contributed by atoms with E-state index in [0.29, 0.717) is 31.1 Å². The summed E-state index contributed by atoms with van der Waals surface area (Å²) in [4.78, 5) is 23.6. The highest BCUT2D eigenvalue weighted by Crippen LogP contribution is 2.33. The number of rotatable bonds is 4. The average molecular weight is 266 g/mol. The molecule has 1 aliphatic rings. The molecule has 0 unspecified atom stereocenters. The van der Waals surface area contributed by atoms with E-state index in [1.54, 1.807) is 11.6 Å². The number of aldehydes is 1. The monoisotopic (exact) mass is 266 g/mol. The van der Waals surface area contributed by atoms with Crippen LogP contribution in [0.3, 0.4) is 0 Å².